The Kier molecular flexibility index (Phi) is 2.76. The molecule has 0 aromatic heterocycles. The molecule has 1 aliphatic heterocycles. The van der Waals surface area contributed by atoms with E-state index in [4.69, 9.17) is 5.11 Å². The largest absolute Gasteiger partial charge is 0.465 e. The molecule has 1 unspecified atom stereocenters. The molecule has 4 heteroatoms. The lowest BCUT2D eigenvalue weighted by Crippen LogP contribution is -2.61. The maximum atomic E-state index is 11.0. The molecule has 82 valence electrons. The number of amides is 1. The third-order valence-electron chi connectivity index (χ3n) is 3.04. The molecule has 0 aromatic carbocycles. The number of piperidine rings is 1. The second kappa shape index (κ2) is 3.42. The summed E-state index contributed by atoms with van der Waals surface area (Å²) < 4.78 is 0. The van der Waals surface area contributed by atoms with Crippen LogP contribution in [0.3, 0.4) is 0 Å². The number of nitrogens with zero attached hydrogens (tertiary/aromatic N) is 1. The highest BCUT2D eigenvalue weighted by Gasteiger charge is 2.48. The van der Waals surface area contributed by atoms with Gasteiger partial charge in [-0.25, -0.2) is 4.79 Å². The fourth-order valence-electron chi connectivity index (χ4n) is 2.00. The molecule has 0 spiro atoms. The molecule has 0 saturated carbocycles. The minimum absolute atomic E-state index is 0.434. The lowest BCUT2D eigenvalue weighted by Gasteiger charge is -2.49. The first-order valence-corrected chi connectivity index (χ1v) is 5.02. The monoisotopic (exact) mass is 201 g/mol. The van der Waals surface area contributed by atoms with Crippen LogP contribution in [0.25, 0.3) is 0 Å². The van der Waals surface area contributed by atoms with E-state index in [1.165, 1.54) is 4.90 Å². The Hall–Kier alpha value is -0.770. The van der Waals surface area contributed by atoms with E-state index >= 15 is 0 Å². The van der Waals surface area contributed by atoms with Gasteiger partial charge >= 0.3 is 6.09 Å². The average molecular weight is 201 g/mol. The van der Waals surface area contributed by atoms with Crippen molar-refractivity contribution in [2.24, 2.45) is 5.41 Å². The minimum atomic E-state index is -1.21. The normalized spacial score (nSPS) is 29.0. The van der Waals surface area contributed by atoms with Crippen LogP contribution in [0, 0.1) is 5.41 Å². The molecule has 1 heterocycles. The van der Waals surface area contributed by atoms with Gasteiger partial charge in [-0.05, 0) is 19.3 Å². The zero-order valence-electron chi connectivity index (χ0n) is 9.08. The van der Waals surface area contributed by atoms with Gasteiger partial charge in [0, 0.05) is 12.0 Å². The number of carbonyl (C=O) groups is 1. The van der Waals surface area contributed by atoms with Crippen LogP contribution in [-0.4, -0.2) is 33.5 Å². The maximum absolute atomic E-state index is 11.0. The topological polar surface area (TPSA) is 60.8 Å². The summed E-state index contributed by atoms with van der Waals surface area (Å²) in [5.74, 6) is 0. The van der Waals surface area contributed by atoms with Crippen LogP contribution in [-0.2, 0) is 0 Å². The predicted octanol–water partition coefficient (Wildman–Crippen LogP) is 1.89. The van der Waals surface area contributed by atoms with Gasteiger partial charge in [0.05, 0.1) is 0 Å². The van der Waals surface area contributed by atoms with Gasteiger partial charge in [-0.2, -0.15) is 0 Å². The summed E-state index contributed by atoms with van der Waals surface area (Å²) in [4.78, 5) is 12.2. The minimum Gasteiger partial charge on any atom is -0.465 e. The van der Waals surface area contributed by atoms with Crippen LogP contribution < -0.4 is 0 Å². The lowest BCUT2D eigenvalue weighted by molar-refractivity contribution is -0.180. The third-order valence-corrected chi connectivity index (χ3v) is 3.04. The van der Waals surface area contributed by atoms with Crippen LogP contribution in [0.1, 0.15) is 40.0 Å². The number of rotatable bonds is 0. The SMILES string of the molecule is CC(C)(C)C1(O)CCCCN1C(=O)O. The Morgan fingerprint density at radius 1 is 1.36 bits per heavy atom. The standard InChI is InChI=1S/C10H19NO3/c1-9(2,3)10(14)6-4-5-7-11(10)8(12)13/h14H,4-7H2,1-3H3,(H,12,13). The van der Waals surface area contributed by atoms with Gasteiger partial charge < -0.3 is 10.2 Å². The molecule has 1 fully saturated rings. The Labute approximate surface area is 84.5 Å². The van der Waals surface area contributed by atoms with E-state index in [0.29, 0.717) is 13.0 Å². The van der Waals surface area contributed by atoms with E-state index in [2.05, 4.69) is 0 Å². The average Bonchev–Trinajstić information content (AvgIpc) is 2.02. The first-order valence-electron chi connectivity index (χ1n) is 5.02. The molecule has 1 saturated heterocycles. The van der Waals surface area contributed by atoms with Crippen molar-refractivity contribution in [2.75, 3.05) is 6.54 Å². The Morgan fingerprint density at radius 2 is 1.93 bits per heavy atom. The van der Waals surface area contributed by atoms with E-state index in [-0.39, 0.29) is 0 Å². The van der Waals surface area contributed by atoms with E-state index in [1.807, 2.05) is 20.8 Å². The Balaban J connectivity index is 2.97. The van der Waals surface area contributed by atoms with Gasteiger partial charge in [-0.1, -0.05) is 20.8 Å². The van der Waals surface area contributed by atoms with Crippen molar-refractivity contribution in [1.82, 2.24) is 4.90 Å². The molecule has 0 radical (unpaired) electrons. The summed E-state index contributed by atoms with van der Waals surface area (Å²) in [5, 5.41) is 19.4. The second-order valence-electron chi connectivity index (χ2n) is 4.96. The van der Waals surface area contributed by atoms with Crippen LogP contribution in [0.2, 0.25) is 0 Å². The maximum Gasteiger partial charge on any atom is 0.409 e. The quantitative estimate of drug-likeness (QED) is 0.629. The summed E-state index contributed by atoms with van der Waals surface area (Å²) in [5.41, 5.74) is -1.65. The predicted molar refractivity (Wildman–Crippen MR) is 53.0 cm³/mol. The highest BCUT2D eigenvalue weighted by Crippen LogP contribution is 2.40. The summed E-state index contributed by atoms with van der Waals surface area (Å²) in [6, 6.07) is 0. The van der Waals surface area contributed by atoms with Gasteiger partial charge in [0.2, 0.25) is 0 Å². The number of hydrogen-bond acceptors (Lipinski definition) is 2. The number of carboxylic acid groups (broad SMARTS) is 1. The van der Waals surface area contributed by atoms with Gasteiger partial charge in [0.15, 0.2) is 0 Å². The lowest BCUT2D eigenvalue weighted by atomic mass is 9.77. The molecule has 1 amide bonds. The van der Waals surface area contributed by atoms with Crippen molar-refractivity contribution in [3.8, 4) is 0 Å². The highest BCUT2D eigenvalue weighted by atomic mass is 16.4. The van der Waals surface area contributed by atoms with Crippen LogP contribution in [0.15, 0.2) is 0 Å². The Morgan fingerprint density at radius 3 is 2.29 bits per heavy atom. The van der Waals surface area contributed by atoms with Crippen LogP contribution >= 0.6 is 0 Å². The molecule has 0 aromatic rings. The van der Waals surface area contributed by atoms with E-state index in [9.17, 15) is 9.90 Å². The summed E-state index contributed by atoms with van der Waals surface area (Å²) in [6.45, 7) is 6.04. The summed E-state index contributed by atoms with van der Waals surface area (Å²) in [6.07, 6.45) is 1.23. The van der Waals surface area contributed by atoms with Gasteiger partial charge in [-0.3, -0.25) is 4.90 Å². The third kappa shape index (κ3) is 1.71. The molecule has 2 N–H and O–H groups in total. The molecule has 1 rings (SSSR count). The van der Waals surface area contributed by atoms with Gasteiger partial charge in [0.25, 0.3) is 0 Å². The summed E-state index contributed by atoms with van der Waals surface area (Å²) in [7, 11) is 0. The number of hydrogen-bond donors (Lipinski definition) is 2. The molecule has 4 nitrogen and oxygen atoms in total. The van der Waals surface area contributed by atoms with E-state index in [1.54, 1.807) is 0 Å². The fraction of sp³-hybridized carbons (Fsp3) is 0.900. The Bertz CT molecular complexity index is 234. The number of likely N-dealkylation sites (tertiary alicyclic amines) is 1. The zero-order chi connectivity index (χ0) is 11.0. The van der Waals surface area contributed by atoms with Crippen LogP contribution in [0.4, 0.5) is 4.79 Å². The van der Waals surface area contributed by atoms with E-state index < -0.39 is 17.2 Å². The van der Waals surface area contributed by atoms with E-state index in [0.717, 1.165) is 12.8 Å². The first-order chi connectivity index (χ1) is 6.29. The molecule has 0 bridgehead atoms. The highest BCUT2D eigenvalue weighted by molar-refractivity contribution is 5.66. The van der Waals surface area contributed by atoms with Crippen molar-refractivity contribution in [1.29, 1.82) is 0 Å². The van der Waals surface area contributed by atoms with Crippen molar-refractivity contribution >= 4 is 6.09 Å². The van der Waals surface area contributed by atoms with Crippen molar-refractivity contribution in [3.05, 3.63) is 0 Å². The molecule has 1 aliphatic rings. The first kappa shape index (κ1) is 11.3. The zero-order valence-corrected chi connectivity index (χ0v) is 9.08. The van der Waals surface area contributed by atoms with Crippen molar-refractivity contribution in [3.63, 3.8) is 0 Å². The van der Waals surface area contributed by atoms with Crippen molar-refractivity contribution in [2.45, 2.75) is 45.8 Å². The molecule has 14 heavy (non-hydrogen) atoms. The molecular weight excluding hydrogens is 182 g/mol. The molecule has 0 aliphatic carbocycles. The molecular formula is C10H19NO3. The summed E-state index contributed by atoms with van der Waals surface area (Å²) >= 11 is 0. The van der Waals surface area contributed by atoms with Gasteiger partial charge in [0.1, 0.15) is 5.72 Å². The second-order valence-corrected chi connectivity index (χ2v) is 4.96. The van der Waals surface area contributed by atoms with Crippen molar-refractivity contribution < 1.29 is 15.0 Å². The number of aliphatic hydroxyl groups is 1. The van der Waals surface area contributed by atoms with Gasteiger partial charge in [-0.15, -0.1) is 0 Å². The fourth-order valence-corrected chi connectivity index (χ4v) is 2.00. The smallest absolute Gasteiger partial charge is 0.409 e. The molecule has 1 atom stereocenters. The van der Waals surface area contributed by atoms with Crippen LogP contribution in [0.5, 0.6) is 0 Å².